The third-order valence-corrected chi connectivity index (χ3v) is 7.87. The molecule has 1 unspecified atom stereocenters. The van der Waals surface area contributed by atoms with Gasteiger partial charge in [-0.1, -0.05) is 36.4 Å². The minimum Gasteiger partial charge on any atom is -0.384 e. The molecule has 2 amide bonds. The smallest absolute Gasteiger partial charge is 0.245 e. The van der Waals surface area contributed by atoms with Gasteiger partial charge in [-0.05, 0) is 44.0 Å². The fourth-order valence-corrected chi connectivity index (χ4v) is 6.01. The number of ether oxygens (including phenoxy) is 1. The van der Waals surface area contributed by atoms with E-state index in [0.717, 1.165) is 32.7 Å². The predicted octanol–water partition coefficient (Wildman–Crippen LogP) is 3.19. The number of sulfone groups is 1. The van der Waals surface area contributed by atoms with Crippen molar-refractivity contribution in [1.29, 1.82) is 0 Å². The van der Waals surface area contributed by atoms with Crippen molar-refractivity contribution in [3.05, 3.63) is 59.2 Å². The first kappa shape index (κ1) is 27.4. The van der Waals surface area contributed by atoms with Gasteiger partial charge in [0.2, 0.25) is 11.8 Å². The number of methoxy groups -OCH3 is 1. The Morgan fingerprint density at radius 3 is 2.59 bits per heavy atom. The number of carbonyl (C=O) groups is 2. The second kappa shape index (κ2) is 12.6. The molecular weight excluding hydrogens is 474 g/mol. The van der Waals surface area contributed by atoms with Crippen LogP contribution in [0.1, 0.15) is 36.6 Å². The molecule has 0 spiro atoms. The van der Waals surface area contributed by atoms with E-state index in [4.69, 9.17) is 4.74 Å². The third kappa shape index (κ3) is 7.34. The van der Waals surface area contributed by atoms with E-state index in [9.17, 15) is 18.0 Å². The van der Waals surface area contributed by atoms with Gasteiger partial charge in [-0.15, -0.1) is 11.3 Å². The summed E-state index contributed by atoms with van der Waals surface area (Å²) in [4.78, 5) is 29.2. The summed E-state index contributed by atoms with van der Waals surface area (Å²) < 4.78 is 31.7. The summed E-state index contributed by atoms with van der Waals surface area (Å²) in [5, 5.41) is 3.59. The van der Waals surface area contributed by atoms with Crippen molar-refractivity contribution in [1.82, 2.24) is 15.6 Å². The van der Waals surface area contributed by atoms with Crippen LogP contribution in [0.5, 0.6) is 0 Å². The van der Waals surface area contributed by atoms with Crippen LogP contribution in [0.15, 0.2) is 48.6 Å². The second-order valence-electron chi connectivity index (χ2n) is 7.72. The molecule has 184 valence electrons. The van der Waals surface area contributed by atoms with Crippen molar-refractivity contribution in [2.24, 2.45) is 0 Å². The molecule has 0 bridgehead atoms. The number of allylic oxidation sites excluding steroid dienone is 5. The highest BCUT2D eigenvalue weighted by Gasteiger charge is 2.37. The lowest BCUT2D eigenvalue weighted by Gasteiger charge is -2.15. The monoisotopic (exact) mass is 505 g/mol. The SMILES string of the molecule is C=C/C(=C\C=C(C)C)c1ccc2nc(C(C(=O)NCC(=O)NCC)S(=O)(=O)CCOC)sc2c1. The van der Waals surface area contributed by atoms with Crippen LogP contribution in [-0.2, 0) is 24.2 Å². The van der Waals surface area contributed by atoms with Gasteiger partial charge >= 0.3 is 0 Å². The van der Waals surface area contributed by atoms with Crippen LogP contribution >= 0.6 is 11.3 Å². The number of aromatic nitrogens is 1. The first-order valence-corrected chi connectivity index (χ1v) is 13.3. The van der Waals surface area contributed by atoms with E-state index in [1.807, 2.05) is 38.1 Å². The Morgan fingerprint density at radius 2 is 1.97 bits per heavy atom. The zero-order valence-electron chi connectivity index (χ0n) is 19.9. The van der Waals surface area contributed by atoms with E-state index in [1.165, 1.54) is 7.11 Å². The molecule has 0 saturated carbocycles. The van der Waals surface area contributed by atoms with Crippen molar-refractivity contribution >= 4 is 48.8 Å². The largest absolute Gasteiger partial charge is 0.384 e. The molecule has 0 radical (unpaired) electrons. The molecule has 0 aliphatic rings. The summed E-state index contributed by atoms with van der Waals surface area (Å²) in [5.41, 5.74) is 3.53. The number of fused-ring (bicyclic) bond motifs is 1. The van der Waals surface area contributed by atoms with Crippen LogP contribution in [0.2, 0.25) is 0 Å². The zero-order chi connectivity index (χ0) is 25.3. The molecule has 34 heavy (non-hydrogen) atoms. The average Bonchev–Trinajstić information content (AvgIpc) is 3.19. The molecule has 8 nitrogen and oxygen atoms in total. The maximum Gasteiger partial charge on any atom is 0.245 e. The van der Waals surface area contributed by atoms with Crippen molar-refractivity contribution in [3.63, 3.8) is 0 Å². The summed E-state index contributed by atoms with van der Waals surface area (Å²) >= 11 is 1.14. The number of nitrogens with zero attached hydrogens (tertiary/aromatic N) is 1. The van der Waals surface area contributed by atoms with E-state index in [0.29, 0.717) is 12.1 Å². The molecule has 1 aromatic heterocycles. The fourth-order valence-electron chi connectivity index (χ4n) is 3.04. The van der Waals surface area contributed by atoms with Crippen LogP contribution in [0.3, 0.4) is 0 Å². The van der Waals surface area contributed by atoms with Crippen LogP contribution < -0.4 is 10.6 Å². The standard InChI is InChI=1S/C24H31N3O5S2/c1-6-17(9-8-16(3)4)18-10-11-19-20(14-18)33-24(27-19)22(34(30,31)13-12-32-5)23(29)26-15-21(28)25-7-2/h6,8-11,14,22H,1,7,12-13,15H2,2-5H3,(H,25,28)(H,26,29)/b17-9+. The van der Waals surface area contributed by atoms with Gasteiger partial charge in [0.15, 0.2) is 15.1 Å². The van der Waals surface area contributed by atoms with E-state index < -0.39 is 26.9 Å². The van der Waals surface area contributed by atoms with E-state index in [-0.39, 0.29) is 23.9 Å². The Morgan fingerprint density at radius 1 is 1.24 bits per heavy atom. The number of nitrogens with one attached hydrogen (secondary N) is 2. The summed E-state index contributed by atoms with van der Waals surface area (Å²) in [6.07, 6.45) is 5.68. The average molecular weight is 506 g/mol. The van der Waals surface area contributed by atoms with Crippen molar-refractivity contribution in [3.8, 4) is 0 Å². The van der Waals surface area contributed by atoms with Gasteiger partial charge < -0.3 is 15.4 Å². The molecule has 2 aromatic rings. The number of hydrogen-bond donors (Lipinski definition) is 2. The summed E-state index contributed by atoms with van der Waals surface area (Å²) in [6, 6.07) is 5.56. The second-order valence-corrected chi connectivity index (χ2v) is 11.0. The Balaban J connectivity index is 2.47. The lowest BCUT2D eigenvalue weighted by Crippen LogP contribution is -2.41. The molecule has 0 saturated heterocycles. The minimum absolute atomic E-state index is 0.0602. The highest BCUT2D eigenvalue weighted by Crippen LogP contribution is 2.33. The Bertz CT molecular complexity index is 1210. The lowest BCUT2D eigenvalue weighted by molar-refractivity contribution is -0.125. The molecule has 1 atom stereocenters. The van der Waals surface area contributed by atoms with Gasteiger partial charge in [0.05, 0.1) is 29.1 Å². The highest BCUT2D eigenvalue weighted by molar-refractivity contribution is 7.92. The van der Waals surface area contributed by atoms with Gasteiger partial charge in [0.1, 0.15) is 5.01 Å². The molecule has 1 aromatic carbocycles. The van der Waals surface area contributed by atoms with Gasteiger partial charge in [0.25, 0.3) is 0 Å². The molecule has 0 aliphatic heterocycles. The maximum atomic E-state index is 13.0. The zero-order valence-corrected chi connectivity index (χ0v) is 21.5. The normalized spacial score (nSPS) is 12.8. The first-order valence-electron chi connectivity index (χ1n) is 10.8. The highest BCUT2D eigenvalue weighted by atomic mass is 32.2. The van der Waals surface area contributed by atoms with Crippen molar-refractivity contribution in [2.45, 2.75) is 26.0 Å². The molecule has 0 fully saturated rings. The molecule has 10 heteroatoms. The number of hydrogen-bond acceptors (Lipinski definition) is 7. The molecule has 1 heterocycles. The van der Waals surface area contributed by atoms with Crippen LogP contribution in [0.25, 0.3) is 15.8 Å². The number of benzene rings is 1. The van der Waals surface area contributed by atoms with Crippen molar-refractivity contribution < 1.29 is 22.7 Å². The maximum absolute atomic E-state index is 13.0. The summed E-state index contributed by atoms with van der Waals surface area (Å²) in [7, 11) is -2.56. The number of rotatable bonds is 12. The number of likely N-dealkylation sites (N-methyl/N-ethyl adjacent to an activating group) is 1. The van der Waals surface area contributed by atoms with E-state index >= 15 is 0 Å². The molecule has 2 N–H and O–H groups in total. The third-order valence-electron chi connectivity index (χ3n) is 4.75. The van der Waals surface area contributed by atoms with Crippen LogP contribution in [-0.4, -0.2) is 57.8 Å². The van der Waals surface area contributed by atoms with Gasteiger partial charge in [-0.25, -0.2) is 13.4 Å². The van der Waals surface area contributed by atoms with Crippen LogP contribution in [0.4, 0.5) is 0 Å². The van der Waals surface area contributed by atoms with Crippen LogP contribution in [0, 0.1) is 0 Å². The number of thiazole rings is 1. The summed E-state index contributed by atoms with van der Waals surface area (Å²) in [5.74, 6) is -1.55. The topological polar surface area (TPSA) is 114 Å². The minimum atomic E-state index is -3.95. The number of amides is 2. The van der Waals surface area contributed by atoms with Crippen molar-refractivity contribution in [2.75, 3.05) is 32.6 Å². The van der Waals surface area contributed by atoms with Gasteiger partial charge in [-0.3, -0.25) is 9.59 Å². The summed E-state index contributed by atoms with van der Waals surface area (Å²) in [6.45, 7) is 9.64. The van der Waals surface area contributed by atoms with Gasteiger partial charge in [-0.2, -0.15) is 0 Å². The Hall–Kier alpha value is -2.82. The van der Waals surface area contributed by atoms with E-state index in [1.54, 1.807) is 19.1 Å². The fraction of sp³-hybridized carbons (Fsp3) is 0.375. The molecular formula is C24H31N3O5S2. The Kier molecular flexibility index (Phi) is 10.2. The first-order chi connectivity index (χ1) is 16.1. The molecule has 0 aliphatic carbocycles. The molecule has 2 rings (SSSR count). The quantitative estimate of drug-likeness (QED) is 0.428. The predicted molar refractivity (Wildman–Crippen MR) is 137 cm³/mol. The van der Waals surface area contributed by atoms with E-state index in [2.05, 4.69) is 22.2 Å². The Labute approximate surface area is 204 Å². The van der Waals surface area contributed by atoms with Gasteiger partial charge in [0, 0.05) is 13.7 Å². The number of carbonyl (C=O) groups excluding carboxylic acids is 2. The lowest BCUT2D eigenvalue weighted by atomic mass is 10.0.